The number of amides is 1. The Kier molecular flexibility index (Phi) is 9.50. The molecule has 1 aliphatic heterocycles. The predicted octanol–water partition coefficient (Wildman–Crippen LogP) is 4.48. The summed E-state index contributed by atoms with van der Waals surface area (Å²) in [6.07, 6.45) is 7.28. The van der Waals surface area contributed by atoms with Gasteiger partial charge >= 0.3 is 5.97 Å². The molecule has 1 aromatic heterocycles. The quantitative estimate of drug-likeness (QED) is 0.163. The number of rotatable bonds is 8. The standard InChI is InChI=1S/C33H49N5O5S/c1-6-31(4)17-23(32(5)20(2)10-12-33(21(3)29(31)42)13-11-22(39)28(32)33)43-27(41)19-44-30-35-24(34)16-25(37-30)36-26(40)18-38-14-8-7-9-15-38/h6,16,20-21,23,28-29,42H,1,7-15,17-19H2,2-5H3,(H3,34,35,36,37,40)/t20-,21+,23-,28+,29+,31-,32+,33+/m1/s1. The molecule has 0 aromatic carbocycles. The van der Waals surface area contributed by atoms with Gasteiger partial charge in [0.1, 0.15) is 23.5 Å². The van der Waals surface area contributed by atoms with Gasteiger partial charge in [-0.15, -0.1) is 6.58 Å². The van der Waals surface area contributed by atoms with E-state index >= 15 is 0 Å². The van der Waals surface area contributed by atoms with E-state index in [-0.39, 0.29) is 51.6 Å². The van der Waals surface area contributed by atoms with Gasteiger partial charge in [-0.05, 0) is 68.9 Å². The van der Waals surface area contributed by atoms with Gasteiger partial charge < -0.3 is 20.9 Å². The zero-order valence-electron chi connectivity index (χ0n) is 26.6. The number of aromatic nitrogens is 2. The summed E-state index contributed by atoms with van der Waals surface area (Å²) in [5.41, 5.74) is 4.42. The molecule has 4 N–H and O–H groups in total. The molecule has 3 saturated carbocycles. The Hall–Kier alpha value is -2.50. The Morgan fingerprint density at radius 1 is 1.23 bits per heavy atom. The van der Waals surface area contributed by atoms with Gasteiger partial charge in [0.25, 0.3) is 0 Å². The Labute approximate surface area is 265 Å². The van der Waals surface area contributed by atoms with Crippen LogP contribution in [0.3, 0.4) is 0 Å². The molecule has 0 spiro atoms. The van der Waals surface area contributed by atoms with E-state index in [1.807, 2.05) is 6.92 Å². The first-order valence-corrected chi connectivity index (χ1v) is 17.1. The van der Waals surface area contributed by atoms with Crippen molar-refractivity contribution in [2.45, 2.75) is 96.4 Å². The van der Waals surface area contributed by atoms with Crippen molar-refractivity contribution in [3.8, 4) is 0 Å². The van der Waals surface area contributed by atoms with Crippen LogP contribution in [0.25, 0.3) is 0 Å². The maximum absolute atomic E-state index is 13.6. The van der Waals surface area contributed by atoms with Gasteiger partial charge in [-0.25, -0.2) is 9.97 Å². The molecule has 2 heterocycles. The number of nitrogens with two attached hydrogens (primary N) is 1. The SMILES string of the molecule is C=C[C@]1(C)C[C@@H](OC(=O)CSc2nc(N)cc(NC(=O)CN3CCCCC3)n2)[C@]2(C)[C@H](C)CC[C@]3(CCC(=O)[C@H]32)[C@@H](C)[C@@H]1O. The number of nitrogens with zero attached hydrogens (tertiary/aromatic N) is 3. The van der Waals surface area contributed by atoms with E-state index in [4.69, 9.17) is 10.5 Å². The maximum Gasteiger partial charge on any atom is 0.316 e. The zero-order valence-corrected chi connectivity index (χ0v) is 27.5. The summed E-state index contributed by atoms with van der Waals surface area (Å²) in [5.74, 6) is -0.206. The highest BCUT2D eigenvalue weighted by Crippen LogP contribution is 2.68. The van der Waals surface area contributed by atoms with E-state index < -0.39 is 29.0 Å². The first kappa shape index (κ1) is 32.9. The fourth-order valence-corrected chi connectivity index (χ4v) is 9.54. The van der Waals surface area contributed by atoms with Crippen molar-refractivity contribution >= 4 is 41.1 Å². The van der Waals surface area contributed by atoms with Gasteiger partial charge in [0.15, 0.2) is 5.16 Å². The van der Waals surface area contributed by atoms with Crippen LogP contribution in [0.1, 0.15) is 79.1 Å². The third-order valence-electron chi connectivity index (χ3n) is 11.7. The van der Waals surface area contributed by atoms with Crippen LogP contribution in [-0.2, 0) is 19.1 Å². The number of hydrogen-bond acceptors (Lipinski definition) is 10. The molecule has 0 radical (unpaired) electrons. The van der Waals surface area contributed by atoms with Crippen LogP contribution in [0.15, 0.2) is 23.9 Å². The van der Waals surface area contributed by atoms with Gasteiger partial charge in [0.05, 0.1) is 18.4 Å². The first-order valence-electron chi connectivity index (χ1n) is 16.2. The number of nitrogens with one attached hydrogen (secondary N) is 1. The maximum atomic E-state index is 13.6. The lowest BCUT2D eigenvalue weighted by molar-refractivity contribution is -0.205. The minimum Gasteiger partial charge on any atom is -0.461 e. The first-order chi connectivity index (χ1) is 20.8. The number of hydrogen-bond donors (Lipinski definition) is 3. The van der Waals surface area contributed by atoms with Crippen LogP contribution in [0.5, 0.6) is 0 Å². The number of aliphatic hydroxyl groups is 1. The van der Waals surface area contributed by atoms with Crippen molar-refractivity contribution < 1.29 is 24.2 Å². The highest BCUT2D eigenvalue weighted by molar-refractivity contribution is 7.99. The summed E-state index contributed by atoms with van der Waals surface area (Å²) in [7, 11) is 0. The summed E-state index contributed by atoms with van der Waals surface area (Å²) in [6, 6.07) is 1.50. The minimum atomic E-state index is -0.717. The lowest BCUT2D eigenvalue weighted by atomic mass is 9.44. The van der Waals surface area contributed by atoms with E-state index in [9.17, 15) is 19.5 Å². The lowest BCUT2D eigenvalue weighted by Crippen LogP contribution is -2.63. The molecule has 5 rings (SSSR count). The van der Waals surface area contributed by atoms with Crippen molar-refractivity contribution in [2.24, 2.45) is 34.0 Å². The lowest BCUT2D eigenvalue weighted by Gasteiger charge is -2.61. The molecule has 11 heteroatoms. The molecule has 242 valence electrons. The van der Waals surface area contributed by atoms with Crippen LogP contribution in [0.4, 0.5) is 11.6 Å². The fraction of sp³-hybridized carbons (Fsp3) is 0.727. The number of carbonyl (C=O) groups excluding carboxylic acids is 3. The van der Waals surface area contributed by atoms with Gasteiger partial charge in [0.2, 0.25) is 5.91 Å². The van der Waals surface area contributed by atoms with Gasteiger partial charge in [-0.2, -0.15) is 0 Å². The Bertz CT molecular complexity index is 1290. The van der Waals surface area contributed by atoms with E-state index in [2.05, 4.69) is 47.5 Å². The molecule has 10 nitrogen and oxygen atoms in total. The van der Waals surface area contributed by atoms with E-state index in [1.54, 1.807) is 6.08 Å². The molecule has 4 aliphatic rings. The number of likely N-dealkylation sites (tertiary alicyclic amines) is 1. The highest BCUT2D eigenvalue weighted by atomic mass is 32.2. The van der Waals surface area contributed by atoms with E-state index in [0.29, 0.717) is 25.2 Å². The molecule has 44 heavy (non-hydrogen) atoms. The minimum absolute atomic E-state index is 0.0703. The van der Waals surface area contributed by atoms with Gasteiger partial charge in [0, 0.05) is 29.2 Å². The second-order valence-corrected chi connectivity index (χ2v) is 15.1. The number of ether oxygens (including phenoxy) is 1. The van der Waals surface area contributed by atoms with Crippen LogP contribution < -0.4 is 11.1 Å². The van der Waals surface area contributed by atoms with Crippen molar-refractivity contribution in [3.63, 3.8) is 0 Å². The molecule has 1 saturated heterocycles. The molecule has 4 fully saturated rings. The second kappa shape index (κ2) is 12.7. The molecule has 1 aromatic rings. The number of piperidine rings is 1. The Morgan fingerprint density at radius 2 is 1.95 bits per heavy atom. The average Bonchev–Trinajstić information content (AvgIpc) is 3.34. The van der Waals surface area contributed by atoms with E-state index in [1.165, 1.54) is 12.5 Å². The summed E-state index contributed by atoms with van der Waals surface area (Å²) in [5, 5.41) is 14.8. The average molecular weight is 628 g/mol. The normalized spacial score (nSPS) is 37.4. The topological polar surface area (TPSA) is 148 Å². The molecule has 2 bridgehead atoms. The number of ketones is 1. The summed E-state index contributed by atoms with van der Waals surface area (Å²) in [6.45, 7) is 14.5. The molecule has 0 unspecified atom stereocenters. The smallest absolute Gasteiger partial charge is 0.316 e. The monoisotopic (exact) mass is 627 g/mol. The zero-order chi connectivity index (χ0) is 31.9. The number of esters is 1. The second-order valence-electron chi connectivity index (χ2n) is 14.2. The number of Topliss-reactive ketones (excluding diaryl/α,β-unsaturated/α-hetero) is 1. The van der Waals surface area contributed by atoms with Crippen LogP contribution >= 0.6 is 11.8 Å². The number of anilines is 2. The van der Waals surface area contributed by atoms with Crippen molar-refractivity contribution in [2.75, 3.05) is 36.4 Å². The molecule has 1 amide bonds. The Balaban J connectivity index is 1.32. The van der Waals surface area contributed by atoms with Crippen molar-refractivity contribution in [1.29, 1.82) is 0 Å². The number of aliphatic hydroxyl groups excluding tert-OH is 1. The molecule has 3 aliphatic carbocycles. The van der Waals surface area contributed by atoms with Crippen LogP contribution in [0.2, 0.25) is 0 Å². The molecule has 8 atom stereocenters. The number of nitrogen functional groups attached to an aromatic ring is 1. The third kappa shape index (κ3) is 6.03. The summed E-state index contributed by atoms with van der Waals surface area (Å²) >= 11 is 1.09. The number of thioether (sulfide) groups is 1. The fourth-order valence-electron chi connectivity index (χ4n) is 8.89. The van der Waals surface area contributed by atoms with E-state index in [0.717, 1.165) is 57.0 Å². The van der Waals surface area contributed by atoms with Gasteiger partial charge in [-0.1, -0.05) is 52.0 Å². The molecular formula is C33H49N5O5S. The third-order valence-corrected chi connectivity index (χ3v) is 12.5. The highest BCUT2D eigenvalue weighted by Gasteiger charge is 2.68. The number of carbonyl (C=O) groups is 3. The summed E-state index contributed by atoms with van der Waals surface area (Å²) < 4.78 is 6.32. The molecular weight excluding hydrogens is 578 g/mol. The van der Waals surface area contributed by atoms with Gasteiger partial charge in [-0.3, -0.25) is 19.3 Å². The van der Waals surface area contributed by atoms with Crippen LogP contribution in [-0.4, -0.2) is 75.2 Å². The largest absolute Gasteiger partial charge is 0.461 e. The van der Waals surface area contributed by atoms with Crippen molar-refractivity contribution in [1.82, 2.24) is 14.9 Å². The summed E-state index contributed by atoms with van der Waals surface area (Å²) in [4.78, 5) is 50.5. The van der Waals surface area contributed by atoms with Crippen molar-refractivity contribution in [3.05, 3.63) is 18.7 Å². The van der Waals surface area contributed by atoms with Crippen LogP contribution in [0, 0.1) is 34.0 Å². The predicted molar refractivity (Wildman–Crippen MR) is 171 cm³/mol. The Morgan fingerprint density at radius 3 is 2.66 bits per heavy atom.